The average molecular weight is 309 g/mol. The van der Waals surface area contributed by atoms with Crippen LogP contribution in [-0.4, -0.2) is 23.3 Å². The Balaban J connectivity index is 1.75. The molecule has 0 aliphatic heterocycles. The van der Waals surface area contributed by atoms with Gasteiger partial charge in [-0.2, -0.15) is 0 Å². The highest BCUT2D eigenvalue weighted by Crippen LogP contribution is 2.22. The molecule has 0 bridgehead atoms. The third-order valence-corrected chi connectivity index (χ3v) is 4.53. The summed E-state index contributed by atoms with van der Waals surface area (Å²) in [6.07, 6.45) is 0. The van der Waals surface area contributed by atoms with Gasteiger partial charge in [0.2, 0.25) is 0 Å². The van der Waals surface area contributed by atoms with Crippen molar-refractivity contribution in [1.29, 1.82) is 0 Å². The quantitative estimate of drug-likeness (QED) is 0.281. The van der Waals surface area contributed by atoms with Crippen molar-refractivity contribution in [3.8, 4) is 5.75 Å². The first-order valence-corrected chi connectivity index (χ1v) is 7.84. The topological polar surface area (TPSA) is 77.2 Å². The van der Waals surface area contributed by atoms with Crippen molar-refractivity contribution in [1.82, 2.24) is 10.4 Å². The van der Waals surface area contributed by atoms with Crippen LogP contribution in [0.15, 0.2) is 34.0 Å². The number of benzene rings is 1. The molecule has 2 aromatic rings. The first kappa shape index (κ1) is 14.8. The fourth-order valence-electron chi connectivity index (χ4n) is 1.47. The lowest BCUT2D eigenvalue weighted by Crippen LogP contribution is -2.29. The summed E-state index contributed by atoms with van der Waals surface area (Å²) in [4.78, 5) is 15.6. The Morgan fingerprint density at radius 1 is 1.45 bits per heavy atom. The molecule has 0 saturated carbocycles. The van der Waals surface area contributed by atoms with E-state index in [4.69, 9.17) is 10.6 Å². The molecule has 20 heavy (non-hydrogen) atoms. The summed E-state index contributed by atoms with van der Waals surface area (Å²) in [5.74, 6) is 6.31. The SMILES string of the molecule is Cc1csc(SCCOc2ccc(C(=O)NN)cc2)n1. The van der Waals surface area contributed by atoms with Gasteiger partial charge in [0, 0.05) is 22.4 Å². The standard InChI is InChI=1S/C13H15N3O2S2/c1-9-8-20-13(15-9)19-7-6-18-11-4-2-10(3-5-11)12(17)16-14/h2-5,8H,6-7,14H2,1H3,(H,16,17). The van der Waals surface area contributed by atoms with Crippen LogP contribution in [0.4, 0.5) is 0 Å². The van der Waals surface area contributed by atoms with E-state index in [2.05, 4.69) is 10.4 Å². The lowest BCUT2D eigenvalue weighted by Gasteiger charge is -2.06. The molecule has 0 radical (unpaired) electrons. The van der Waals surface area contributed by atoms with Crippen LogP contribution < -0.4 is 16.0 Å². The first-order chi connectivity index (χ1) is 9.69. The molecule has 0 atom stereocenters. The predicted octanol–water partition coefficient (Wildman–Crippen LogP) is 2.23. The molecule has 0 unspecified atom stereocenters. The van der Waals surface area contributed by atoms with E-state index in [-0.39, 0.29) is 5.91 Å². The van der Waals surface area contributed by atoms with Crippen LogP contribution >= 0.6 is 23.1 Å². The van der Waals surface area contributed by atoms with Gasteiger partial charge in [-0.3, -0.25) is 10.2 Å². The number of nitrogens with two attached hydrogens (primary N) is 1. The molecule has 1 aromatic carbocycles. The molecule has 0 aliphatic carbocycles. The second-order valence-electron chi connectivity index (χ2n) is 3.95. The third-order valence-electron chi connectivity index (χ3n) is 2.42. The van der Waals surface area contributed by atoms with Gasteiger partial charge >= 0.3 is 0 Å². The number of rotatable bonds is 6. The Morgan fingerprint density at radius 2 is 2.20 bits per heavy atom. The Hall–Kier alpha value is -1.57. The summed E-state index contributed by atoms with van der Waals surface area (Å²) >= 11 is 3.32. The van der Waals surface area contributed by atoms with E-state index in [0.717, 1.165) is 21.5 Å². The molecule has 7 heteroatoms. The molecule has 1 heterocycles. The van der Waals surface area contributed by atoms with Crippen molar-refractivity contribution in [3.05, 3.63) is 40.9 Å². The molecule has 1 aromatic heterocycles. The minimum absolute atomic E-state index is 0.314. The molecule has 0 spiro atoms. The lowest BCUT2D eigenvalue weighted by atomic mass is 10.2. The zero-order valence-electron chi connectivity index (χ0n) is 11.0. The average Bonchev–Trinajstić information content (AvgIpc) is 2.89. The van der Waals surface area contributed by atoms with Gasteiger partial charge in [0.25, 0.3) is 5.91 Å². The predicted molar refractivity (Wildman–Crippen MR) is 81.2 cm³/mol. The van der Waals surface area contributed by atoms with Gasteiger partial charge in [-0.05, 0) is 31.2 Å². The number of carbonyl (C=O) groups is 1. The summed E-state index contributed by atoms with van der Waals surface area (Å²) < 4.78 is 6.65. The van der Waals surface area contributed by atoms with Crippen LogP contribution in [0, 0.1) is 6.92 Å². The number of amides is 1. The van der Waals surface area contributed by atoms with E-state index in [1.54, 1.807) is 47.4 Å². The molecule has 106 valence electrons. The van der Waals surface area contributed by atoms with Gasteiger partial charge in [0.1, 0.15) is 10.1 Å². The number of nitrogens with one attached hydrogen (secondary N) is 1. The van der Waals surface area contributed by atoms with Crippen LogP contribution in [0.25, 0.3) is 0 Å². The minimum atomic E-state index is -0.314. The fourth-order valence-corrected chi connectivity index (χ4v) is 3.21. The summed E-state index contributed by atoms with van der Waals surface area (Å²) in [6.45, 7) is 2.57. The Labute approximate surface area is 125 Å². The lowest BCUT2D eigenvalue weighted by molar-refractivity contribution is 0.0953. The Kier molecular flexibility index (Phi) is 5.40. The Bertz CT molecular complexity index is 569. The van der Waals surface area contributed by atoms with E-state index in [1.165, 1.54) is 0 Å². The summed E-state index contributed by atoms with van der Waals surface area (Å²) in [5.41, 5.74) is 3.64. The van der Waals surface area contributed by atoms with E-state index < -0.39 is 0 Å². The highest BCUT2D eigenvalue weighted by atomic mass is 32.2. The number of hydrogen-bond donors (Lipinski definition) is 2. The fraction of sp³-hybridized carbons (Fsp3) is 0.231. The van der Waals surface area contributed by atoms with Gasteiger partial charge in [-0.1, -0.05) is 11.8 Å². The van der Waals surface area contributed by atoms with Gasteiger partial charge in [0.15, 0.2) is 0 Å². The van der Waals surface area contributed by atoms with Gasteiger partial charge in [0.05, 0.1) is 6.61 Å². The summed E-state index contributed by atoms with van der Waals surface area (Å²) in [7, 11) is 0. The van der Waals surface area contributed by atoms with Gasteiger partial charge in [-0.15, -0.1) is 11.3 Å². The largest absolute Gasteiger partial charge is 0.493 e. The van der Waals surface area contributed by atoms with Crippen LogP contribution in [0.2, 0.25) is 0 Å². The summed E-state index contributed by atoms with van der Waals surface area (Å²) in [5, 5.41) is 2.03. The zero-order chi connectivity index (χ0) is 14.4. The maximum Gasteiger partial charge on any atom is 0.265 e. The summed E-state index contributed by atoms with van der Waals surface area (Å²) in [6, 6.07) is 6.86. The van der Waals surface area contributed by atoms with E-state index in [9.17, 15) is 4.79 Å². The Morgan fingerprint density at radius 3 is 2.80 bits per heavy atom. The molecule has 0 saturated heterocycles. The highest BCUT2D eigenvalue weighted by molar-refractivity contribution is 8.01. The molecule has 5 nitrogen and oxygen atoms in total. The maximum absolute atomic E-state index is 11.3. The minimum Gasteiger partial charge on any atom is -0.493 e. The molecule has 2 rings (SSSR count). The number of nitrogens with zero attached hydrogens (tertiary/aromatic N) is 1. The number of hydrogen-bond acceptors (Lipinski definition) is 6. The van der Waals surface area contributed by atoms with Crippen LogP contribution in [-0.2, 0) is 0 Å². The monoisotopic (exact) mass is 309 g/mol. The number of aromatic nitrogens is 1. The van der Waals surface area contributed by atoms with Crippen molar-refractivity contribution in [3.63, 3.8) is 0 Å². The third kappa shape index (κ3) is 4.22. The van der Waals surface area contributed by atoms with Gasteiger partial charge < -0.3 is 4.74 Å². The number of aryl methyl sites for hydroxylation is 1. The second kappa shape index (κ2) is 7.28. The van der Waals surface area contributed by atoms with Crippen molar-refractivity contribution in [2.45, 2.75) is 11.3 Å². The van der Waals surface area contributed by atoms with E-state index in [1.807, 2.05) is 12.3 Å². The molecule has 0 aliphatic rings. The van der Waals surface area contributed by atoms with E-state index in [0.29, 0.717) is 12.2 Å². The van der Waals surface area contributed by atoms with E-state index >= 15 is 0 Å². The van der Waals surface area contributed by atoms with Crippen LogP contribution in [0.5, 0.6) is 5.75 Å². The number of hydrazine groups is 1. The van der Waals surface area contributed by atoms with Crippen LogP contribution in [0.1, 0.15) is 16.1 Å². The zero-order valence-corrected chi connectivity index (χ0v) is 12.6. The number of carbonyl (C=O) groups excluding carboxylic acids is 1. The highest BCUT2D eigenvalue weighted by Gasteiger charge is 2.03. The maximum atomic E-state index is 11.3. The molecular weight excluding hydrogens is 294 g/mol. The number of thioether (sulfide) groups is 1. The first-order valence-electron chi connectivity index (χ1n) is 5.98. The normalized spacial score (nSPS) is 10.3. The van der Waals surface area contributed by atoms with Crippen molar-refractivity contribution in [2.24, 2.45) is 5.84 Å². The molecular formula is C13H15N3O2S2. The number of nitrogen functional groups attached to an aromatic ring is 1. The van der Waals surface area contributed by atoms with Crippen molar-refractivity contribution < 1.29 is 9.53 Å². The number of ether oxygens (including phenoxy) is 1. The molecule has 0 fully saturated rings. The number of thiazole rings is 1. The molecule has 1 amide bonds. The van der Waals surface area contributed by atoms with Crippen LogP contribution in [0.3, 0.4) is 0 Å². The smallest absolute Gasteiger partial charge is 0.265 e. The van der Waals surface area contributed by atoms with Gasteiger partial charge in [-0.25, -0.2) is 10.8 Å². The second-order valence-corrected chi connectivity index (χ2v) is 6.15. The van der Waals surface area contributed by atoms with Crippen molar-refractivity contribution in [2.75, 3.05) is 12.4 Å². The molecule has 3 N–H and O–H groups in total. The van der Waals surface area contributed by atoms with Crippen molar-refractivity contribution >= 4 is 29.0 Å².